The van der Waals surface area contributed by atoms with Crippen LogP contribution in [0.1, 0.15) is 16.8 Å². The van der Waals surface area contributed by atoms with Crippen LogP contribution in [0.5, 0.6) is 0 Å². The van der Waals surface area contributed by atoms with Crippen molar-refractivity contribution in [2.45, 2.75) is 6.42 Å². The number of carbonyl (C=O) groups is 2. The minimum absolute atomic E-state index is 0.258. The molecule has 0 bridgehead atoms. The van der Waals surface area contributed by atoms with Crippen LogP contribution in [-0.4, -0.2) is 16.9 Å². The molecule has 83 valence electrons. The standard InChI is InChI=1S/C11H7Cl2O3/c12-8-2-1-5(3-9(8)13)10(14)6-4-7(6)11(15)16/h1-3,7H,4H2,(H,15,16). The van der Waals surface area contributed by atoms with Crippen LogP contribution in [0, 0.1) is 11.8 Å². The molecule has 1 aliphatic rings. The van der Waals surface area contributed by atoms with E-state index in [0.717, 1.165) is 0 Å². The van der Waals surface area contributed by atoms with Crippen LogP contribution in [-0.2, 0) is 4.79 Å². The van der Waals surface area contributed by atoms with Gasteiger partial charge in [0.15, 0.2) is 5.78 Å². The molecule has 1 atom stereocenters. The highest BCUT2D eigenvalue weighted by Gasteiger charge is 2.49. The number of rotatable bonds is 3. The quantitative estimate of drug-likeness (QED) is 0.848. The third-order valence-electron chi connectivity index (χ3n) is 2.46. The van der Waals surface area contributed by atoms with E-state index in [0.29, 0.717) is 27.9 Å². The number of carbonyl (C=O) groups excluding carboxylic acids is 1. The van der Waals surface area contributed by atoms with Gasteiger partial charge in [-0.1, -0.05) is 23.2 Å². The lowest BCUT2D eigenvalue weighted by molar-refractivity contribution is -0.138. The maximum atomic E-state index is 11.8. The number of hydrogen-bond donors (Lipinski definition) is 1. The predicted molar refractivity (Wildman–Crippen MR) is 59.8 cm³/mol. The topological polar surface area (TPSA) is 54.4 Å². The van der Waals surface area contributed by atoms with E-state index in [2.05, 4.69) is 0 Å². The lowest BCUT2D eigenvalue weighted by atomic mass is 10.1. The Kier molecular flexibility index (Phi) is 2.91. The van der Waals surface area contributed by atoms with Crippen molar-refractivity contribution in [2.75, 3.05) is 0 Å². The summed E-state index contributed by atoms with van der Waals surface area (Å²) in [6.07, 6.45) is 0.328. The van der Waals surface area contributed by atoms with Gasteiger partial charge < -0.3 is 5.11 Å². The van der Waals surface area contributed by atoms with Gasteiger partial charge in [0.2, 0.25) is 0 Å². The Morgan fingerprint density at radius 1 is 1.25 bits per heavy atom. The molecule has 1 N–H and O–H groups in total. The molecule has 0 aliphatic heterocycles. The van der Waals surface area contributed by atoms with Crippen molar-refractivity contribution in [2.24, 2.45) is 5.92 Å². The number of benzene rings is 1. The van der Waals surface area contributed by atoms with Crippen LogP contribution in [0.3, 0.4) is 0 Å². The van der Waals surface area contributed by atoms with Crippen molar-refractivity contribution in [1.82, 2.24) is 0 Å². The van der Waals surface area contributed by atoms with E-state index in [1.165, 1.54) is 12.1 Å². The normalized spacial score (nSPS) is 19.5. The molecule has 1 fully saturated rings. The summed E-state index contributed by atoms with van der Waals surface area (Å²) in [7, 11) is 0. The van der Waals surface area contributed by atoms with Crippen molar-refractivity contribution in [3.05, 3.63) is 39.7 Å². The fourth-order valence-electron chi connectivity index (χ4n) is 1.47. The van der Waals surface area contributed by atoms with Crippen molar-refractivity contribution < 1.29 is 14.7 Å². The van der Waals surface area contributed by atoms with Crippen LogP contribution in [0.2, 0.25) is 10.0 Å². The van der Waals surface area contributed by atoms with Crippen LogP contribution >= 0.6 is 23.2 Å². The highest BCUT2D eigenvalue weighted by molar-refractivity contribution is 6.42. The molecule has 1 saturated carbocycles. The second-order valence-electron chi connectivity index (χ2n) is 3.58. The number of halogens is 2. The number of Topliss-reactive ketones (excluding diaryl/α,β-unsaturated/α-hetero) is 1. The molecule has 16 heavy (non-hydrogen) atoms. The molecule has 0 saturated heterocycles. The van der Waals surface area contributed by atoms with E-state index in [9.17, 15) is 9.59 Å². The highest BCUT2D eigenvalue weighted by atomic mass is 35.5. The Labute approximate surface area is 102 Å². The number of aliphatic carboxylic acids is 1. The van der Waals surface area contributed by atoms with Crippen molar-refractivity contribution >= 4 is 35.0 Å². The fourth-order valence-corrected chi connectivity index (χ4v) is 1.77. The van der Waals surface area contributed by atoms with Crippen molar-refractivity contribution in [3.63, 3.8) is 0 Å². The molecule has 1 radical (unpaired) electrons. The molecule has 5 heteroatoms. The van der Waals surface area contributed by atoms with Gasteiger partial charge in [-0.3, -0.25) is 9.59 Å². The monoisotopic (exact) mass is 257 g/mol. The molecule has 3 nitrogen and oxygen atoms in total. The van der Waals surface area contributed by atoms with E-state index >= 15 is 0 Å². The Morgan fingerprint density at radius 3 is 2.44 bits per heavy atom. The lowest BCUT2D eigenvalue weighted by Gasteiger charge is -2.01. The summed E-state index contributed by atoms with van der Waals surface area (Å²) < 4.78 is 0. The number of carboxylic acids is 1. The van der Waals surface area contributed by atoms with E-state index in [4.69, 9.17) is 28.3 Å². The van der Waals surface area contributed by atoms with Gasteiger partial charge in [0.25, 0.3) is 0 Å². The zero-order valence-corrected chi connectivity index (χ0v) is 9.55. The van der Waals surface area contributed by atoms with Gasteiger partial charge >= 0.3 is 5.97 Å². The van der Waals surface area contributed by atoms with E-state index in [1.54, 1.807) is 6.07 Å². The van der Waals surface area contributed by atoms with E-state index < -0.39 is 11.9 Å². The third-order valence-corrected chi connectivity index (χ3v) is 3.20. The molecule has 2 rings (SSSR count). The first-order chi connectivity index (χ1) is 7.50. The summed E-state index contributed by atoms with van der Waals surface area (Å²) in [4.78, 5) is 22.4. The number of ketones is 1. The molecule has 1 aliphatic carbocycles. The van der Waals surface area contributed by atoms with E-state index in [-0.39, 0.29) is 5.78 Å². The Morgan fingerprint density at radius 2 is 1.94 bits per heavy atom. The second-order valence-corrected chi connectivity index (χ2v) is 4.39. The summed E-state index contributed by atoms with van der Waals surface area (Å²) >= 11 is 11.5. The Bertz CT molecular complexity index is 470. The average molecular weight is 258 g/mol. The molecule has 1 unspecified atom stereocenters. The number of hydrogen-bond acceptors (Lipinski definition) is 2. The van der Waals surface area contributed by atoms with Crippen molar-refractivity contribution in [1.29, 1.82) is 0 Å². The molecular formula is C11H7Cl2O3. The Balaban J connectivity index is 2.17. The Hall–Kier alpha value is -1.06. The molecule has 1 aromatic rings. The van der Waals surface area contributed by atoms with Gasteiger partial charge in [0, 0.05) is 5.56 Å². The van der Waals surface area contributed by atoms with Gasteiger partial charge in [-0.15, -0.1) is 0 Å². The summed E-state index contributed by atoms with van der Waals surface area (Å²) in [5, 5.41) is 9.36. The SMILES string of the molecule is O=C([C]1CC1C(=O)O)c1ccc(Cl)c(Cl)c1. The fraction of sp³-hybridized carbons (Fsp3) is 0.182. The van der Waals surface area contributed by atoms with Gasteiger partial charge in [0.05, 0.1) is 21.9 Å². The first-order valence-electron chi connectivity index (χ1n) is 4.59. The molecule has 0 amide bonds. The summed E-state index contributed by atoms with van der Waals surface area (Å²) in [5.41, 5.74) is 0.383. The first kappa shape index (κ1) is 11.4. The first-order valence-corrected chi connectivity index (χ1v) is 5.34. The predicted octanol–water partition coefficient (Wildman–Crippen LogP) is 2.86. The molecular weight excluding hydrogens is 251 g/mol. The van der Waals surface area contributed by atoms with Gasteiger partial charge in [-0.25, -0.2) is 0 Å². The minimum atomic E-state index is -0.955. The minimum Gasteiger partial charge on any atom is -0.481 e. The third kappa shape index (κ3) is 2.06. The van der Waals surface area contributed by atoms with Crippen LogP contribution in [0.4, 0.5) is 0 Å². The molecule has 0 spiro atoms. The lowest BCUT2D eigenvalue weighted by Crippen LogP contribution is -2.06. The van der Waals surface area contributed by atoms with E-state index in [1.807, 2.05) is 0 Å². The summed E-state index contributed by atoms with van der Waals surface area (Å²) in [6.45, 7) is 0. The number of carboxylic acid groups (broad SMARTS) is 1. The highest BCUT2D eigenvalue weighted by Crippen LogP contribution is 2.43. The van der Waals surface area contributed by atoms with Crippen LogP contribution < -0.4 is 0 Å². The zero-order chi connectivity index (χ0) is 11.9. The zero-order valence-electron chi connectivity index (χ0n) is 8.04. The van der Waals surface area contributed by atoms with Gasteiger partial charge in [0.1, 0.15) is 0 Å². The van der Waals surface area contributed by atoms with Gasteiger partial charge in [-0.2, -0.15) is 0 Å². The van der Waals surface area contributed by atoms with Crippen LogP contribution in [0.15, 0.2) is 18.2 Å². The molecule has 0 aromatic heterocycles. The molecule has 0 heterocycles. The smallest absolute Gasteiger partial charge is 0.307 e. The maximum Gasteiger partial charge on any atom is 0.307 e. The second kappa shape index (κ2) is 4.07. The van der Waals surface area contributed by atoms with Crippen molar-refractivity contribution in [3.8, 4) is 0 Å². The molecule has 1 aromatic carbocycles. The maximum absolute atomic E-state index is 11.8. The average Bonchev–Trinajstić information content (AvgIpc) is 3.01. The summed E-state index contributed by atoms with van der Waals surface area (Å²) in [5.74, 6) is -1.41. The largest absolute Gasteiger partial charge is 0.481 e. The van der Waals surface area contributed by atoms with Crippen LogP contribution in [0.25, 0.3) is 0 Å². The summed E-state index contributed by atoms with van der Waals surface area (Å²) in [6, 6.07) is 4.52. The van der Waals surface area contributed by atoms with Gasteiger partial charge in [-0.05, 0) is 24.6 Å².